The Morgan fingerprint density at radius 1 is 1.43 bits per heavy atom. The number of nitrogens with one attached hydrogen (secondary N) is 1. The van der Waals surface area contributed by atoms with Crippen molar-refractivity contribution >= 4 is 27.4 Å². The second kappa shape index (κ2) is 4.04. The Morgan fingerprint density at radius 2 is 2.07 bits per heavy atom. The van der Waals surface area contributed by atoms with Gasteiger partial charge in [-0.2, -0.15) is 13.2 Å². The van der Waals surface area contributed by atoms with E-state index in [2.05, 4.69) is 26.2 Å². The van der Waals surface area contributed by atoms with E-state index in [-0.39, 0.29) is 11.5 Å². The van der Waals surface area contributed by atoms with E-state index in [0.717, 1.165) is 0 Å². The summed E-state index contributed by atoms with van der Waals surface area (Å²) in [6, 6.07) is 3.02. The predicted molar refractivity (Wildman–Crippen MR) is 50.9 cm³/mol. The molecule has 78 valence electrons. The summed E-state index contributed by atoms with van der Waals surface area (Å²) < 4.78 is 35.9. The number of nitrogen functional groups attached to an aromatic ring is 1. The molecule has 0 aromatic carbocycles. The lowest BCUT2D eigenvalue weighted by molar-refractivity contribution is -0.115. The number of nitrogens with two attached hydrogens (primary N) is 1. The van der Waals surface area contributed by atoms with E-state index in [1.165, 1.54) is 6.07 Å². The summed E-state index contributed by atoms with van der Waals surface area (Å²) in [6.45, 7) is -1.15. The maximum Gasteiger partial charge on any atom is 0.405 e. The second-order valence-corrected chi connectivity index (χ2v) is 3.35. The summed E-state index contributed by atoms with van der Waals surface area (Å²) in [7, 11) is 0. The van der Waals surface area contributed by atoms with E-state index in [1.807, 2.05) is 0 Å². The third-order valence-corrected chi connectivity index (χ3v) is 1.79. The number of pyridine rings is 1. The maximum absolute atomic E-state index is 11.8. The van der Waals surface area contributed by atoms with Crippen molar-refractivity contribution in [2.75, 3.05) is 17.6 Å². The van der Waals surface area contributed by atoms with Crippen LogP contribution in [0.15, 0.2) is 16.7 Å². The topological polar surface area (TPSA) is 50.9 Å². The number of rotatable bonds is 2. The number of anilines is 2. The summed E-state index contributed by atoms with van der Waals surface area (Å²) in [5, 5.41) is 2.10. The molecular weight excluding hydrogens is 263 g/mol. The van der Waals surface area contributed by atoms with Crippen LogP contribution in [-0.4, -0.2) is 17.7 Å². The molecule has 1 aromatic heterocycles. The summed E-state index contributed by atoms with van der Waals surface area (Å²) in [4.78, 5) is 3.76. The number of alkyl halides is 3. The zero-order chi connectivity index (χ0) is 10.8. The van der Waals surface area contributed by atoms with Gasteiger partial charge in [-0.05, 0) is 28.1 Å². The van der Waals surface area contributed by atoms with Crippen LogP contribution in [0.5, 0.6) is 0 Å². The molecule has 0 radical (unpaired) electrons. The van der Waals surface area contributed by atoms with Crippen molar-refractivity contribution in [1.29, 1.82) is 0 Å². The van der Waals surface area contributed by atoms with Crippen molar-refractivity contribution in [2.24, 2.45) is 0 Å². The average Bonchev–Trinajstić information content (AvgIpc) is 2.05. The first kappa shape index (κ1) is 11.1. The summed E-state index contributed by atoms with van der Waals surface area (Å²) in [5.41, 5.74) is 5.58. The van der Waals surface area contributed by atoms with Crippen molar-refractivity contribution in [3.63, 3.8) is 0 Å². The van der Waals surface area contributed by atoms with Crippen LogP contribution in [0.3, 0.4) is 0 Å². The van der Waals surface area contributed by atoms with E-state index < -0.39 is 12.7 Å². The molecule has 0 aliphatic rings. The van der Waals surface area contributed by atoms with Crippen molar-refractivity contribution in [2.45, 2.75) is 6.18 Å². The van der Waals surface area contributed by atoms with Crippen LogP contribution in [0.1, 0.15) is 0 Å². The minimum atomic E-state index is -4.28. The number of hydrogen-bond donors (Lipinski definition) is 2. The first-order valence-electron chi connectivity index (χ1n) is 3.61. The molecule has 0 atom stereocenters. The lowest BCUT2D eigenvalue weighted by Crippen LogP contribution is -2.22. The van der Waals surface area contributed by atoms with Gasteiger partial charge in [0.15, 0.2) is 5.82 Å². The van der Waals surface area contributed by atoms with Crippen LogP contribution in [0, 0.1) is 0 Å². The maximum atomic E-state index is 11.8. The number of nitrogens with zero attached hydrogens (tertiary/aromatic N) is 1. The van der Waals surface area contributed by atoms with Crippen molar-refractivity contribution in [3.8, 4) is 0 Å². The van der Waals surface area contributed by atoms with Crippen LogP contribution in [0.4, 0.5) is 24.7 Å². The molecule has 14 heavy (non-hydrogen) atoms. The van der Waals surface area contributed by atoms with Gasteiger partial charge in [-0.3, -0.25) is 0 Å². The molecule has 0 saturated carbocycles. The van der Waals surface area contributed by atoms with Crippen LogP contribution >= 0.6 is 15.9 Å². The van der Waals surface area contributed by atoms with Gasteiger partial charge in [-0.15, -0.1) is 0 Å². The highest BCUT2D eigenvalue weighted by atomic mass is 79.9. The van der Waals surface area contributed by atoms with Crippen molar-refractivity contribution in [3.05, 3.63) is 16.7 Å². The molecule has 1 aromatic rings. The van der Waals surface area contributed by atoms with Crippen LogP contribution in [0.2, 0.25) is 0 Å². The average molecular weight is 270 g/mol. The molecule has 0 saturated heterocycles. The highest BCUT2D eigenvalue weighted by molar-refractivity contribution is 9.10. The standard InChI is InChI=1S/C7H7BrF3N3/c8-5-2-1-4(12)6(14-5)13-3-7(9,10)11/h1-2H,3,12H2,(H,13,14). The lowest BCUT2D eigenvalue weighted by atomic mass is 10.4. The lowest BCUT2D eigenvalue weighted by Gasteiger charge is -2.10. The number of aromatic nitrogens is 1. The highest BCUT2D eigenvalue weighted by Gasteiger charge is 2.27. The largest absolute Gasteiger partial charge is 0.405 e. The Bertz CT molecular complexity index is 326. The molecular formula is C7H7BrF3N3. The molecule has 0 amide bonds. The third-order valence-electron chi connectivity index (χ3n) is 1.35. The van der Waals surface area contributed by atoms with Crippen molar-refractivity contribution < 1.29 is 13.2 Å². The quantitative estimate of drug-likeness (QED) is 0.811. The van der Waals surface area contributed by atoms with E-state index in [4.69, 9.17) is 5.73 Å². The first-order chi connectivity index (χ1) is 6.38. The summed E-state index contributed by atoms with van der Waals surface area (Å²) in [5.74, 6) is 0.0247. The molecule has 0 fully saturated rings. The smallest absolute Gasteiger partial charge is 0.396 e. The summed E-state index contributed by atoms with van der Waals surface area (Å²) >= 11 is 3.03. The molecule has 0 spiro atoms. The van der Waals surface area contributed by atoms with E-state index in [9.17, 15) is 13.2 Å². The van der Waals surface area contributed by atoms with Gasteiger partial charge in [-0.25, -0.2) is 4.98 Å². The Balaban J connectivity index is 2.72. The molecule has 3 N–H and O–H groups in total. The molecule has 0 aliphatic heterocycles. The third kappa shape index (κ3) is 3.41. The molecule has 7 heteroatoms. The van der Waals surface area contributed by atoms with Crippen LogP contribution < -0.4 is 11.1 Å². The van der Waals surface area contributed by atoms with Crippen LogP contribution in [0.25, 0.3) is 0 Å². The fourth-order valence-electron chi connectivity index (χ4n) is 0.772. The monoisotopic (exact) mass is 269 g/mol. The fourth-order valence-corrected chi connectivity index (χ4v) is 1.08. The van der Waals surface area contributed by atoms with Gasteiger partial charge in [0.1, 0.15) is 11.1 Å². The Kier molecular flexibility index (Phi) is 3.20. The molecule has 0 aliphatic carbocycles. The Morgan fingerprint density at radius 3 is 2.64 bits per heavy atom. The predicted octanol–water partition coefficient (Wildman–Crippen LogP) is 2.40. The highest BCUT2D eigenvalue weighted by Crippen LogP contribution is 2.21. The van der Waals surface area contributed by atoms with Gasteiger partial charge in [-0.1, -0.05) is 0 Å². The van der Waals surface area contributed by atoms with Gasteiger partial charge in [0.05, 0.1) is 5.69 Å². The first-order valence-corrected chi connectivity index (χ1v) is 4.40. The summed E-state index contributed by atoms with van der Waals surface area (Å²) in [6.07, 6.45) is -4.28. The normalized spacial score (nSPS) is 11.4. The van der Waals surface area contributed by atoms with E-state index in [1.54, 1.807) is 6.07 Å². The van der Waals surface area contributed by atoms with E-state index in [0.29, 0.717) is 4.60 Å². The minimum Gasteiger partial charge on any atom is -0.396 e. The van der Waals surface area contributed by atoms with Crippen LogP contribution in [-0.2, 0) is 0 Å². The van der Waals surface area contributed by atoms with Gasteiger partial charge >= 0.3 is 6.18 Å². The molecule has 1 heterocycles. The molecule has 3 nitrogen and oxygen atoms in total. The molecule has 0 bridgehead atoms. The minimum absolute atomic E-state index is 0.0247. The molecule has 0 unspecified atom stereocenters. The fraction of sp³-hybridized carbons (Fsp3) is 0.286. The van der Waals surface area contributed by atoms with Gasteiger partial charge in [0, 0.05) is 0 Å². The number of halogens is 4. The Hall–Kier alpha value is -0.980. The number of hydrogen-bond acceptors (Lipinski definition) is 3. The van der Waals surface area contributed by atoms with E-state index >= 15 is 0 Å². The van der Waals surface area contributed by atoms with Gasteiger partial charge in [0.2, 0.25) is 0 Å². The zero-order valence-corrected chi connectivity index (χ0v) is 8.48. The second-order valence-electron chi connectivity index (χ2n) is 2.54. The Labute approximate surface area is 86.6 Å². The van der Waals surface area contributed by atoms with Crippen molar-refractivity contribution in [1.82, 2.24) is 4.98 Å². The van der Waals surface area contributed by atoms with Gasteiger partial charge in [0.25, 0.3) is 0 Å². The van der Waals surface area contributed by atoms with Gasteiger partial charge < -0.3 is 11.1 Å². The SMILES string of the molecule is Nc1ccc(Br)nc1NCC(F)(F)F. The zero-order valence-electron chi connectivity index (χ0n) is 6.90. The molecule has 1 rings (SSSR count).